The topological polar surface area (TPSA) is 95.9 Å². The van der Waals surface area contributed by atoms with E-state index in [4.69, 9.17) is 8.83 Å². The maximum Gasteiger partial charge on any atom is 0.336 e. The molecule has 1 saturated heterocycles. The summed E-state index contributed by atoms with van der Waals surface area (Å²) >= 11 is 0. The molecule has 2 atom stereocenters. The van der Waals surface area contributed by atoms with Crippen molar-refractivity contribution in [3.63, 3.8) is 0 Å². The summed E-state index contributed by atoms with van der Waals surface area (Å²) in [5, 5.41) is 15.1. The van der Waals surface area contributed by atoms with Crippen molar-refractivity contribution >= 4 is 21.9 Å². The monoisotopic (exact) mass is 432 g/mol. The molecule has 2 aromatic heterocycles. The van der Waals surface area contributed by atoms with Crippen LogP contribution in [0.4, 0.5) is 0 Å². The van der Waals surface area contributed by atoms with Gasteiger partial charge in [0, 0.05) is 41.5 Å². The van der Waals surface area contributed by atoms with Crippen molar-refractivity contribution in [2.75, 3.05) is 20.2 Å². The van der Waals surface area contributed by atoms with Gasteiger partial charge in [-0.2, -0.15) is 0 Å². The number of aliphatic hydroxyl groups excluding tert-OH is 1. The number of likely N-dealkylation sites (N-methyl/N-ethyl adjacent to an activating group) is 1. The quantitative estimate of drug-likeness (QED) is 0.468. The first-order chi connectivity index (χ1) is 15.5. The van der Waals surface area contributed by atoms with Gasteiger partial charge in [0.1, 0.15) is 11.2 Å². The Morgan fingerprint density at radius 3 is 2.00 bits per heavy atom. The largest absolute Gasteiger partial charge is 0.423 e. The Morgan fingerprint density at radius 2 is 1.50 bits per heavy atom. The number of likely N-dealkylation sites (tertiary alicyclic amines) is 1. The number of hydrogen-bond acceptors (Lipinski definition) is 7. The molecule has 0 aliphatic carbocycles. The molecule has 1 aliphatic rings. The molecule has 0 spiro atoms. The smallest absolute Gasteiger partial charge is 0.336 e. The fraction of sp³-hybridized carbons (Fsp3) is 0.280. The van der Waals surface area contributed by atoms with Gasteiger partial charge in [0.25, 0.3) is 0 Å². The van der Waals surface area contributed by atoms with Crippen LogP contribution in [0.15, 0.2) is 79.1 Å². The molecule has 5 rings (SSSR count). The number of nitrogens with one attached hydrogen (secondary N) is 1. The van der Waals surface area contributed by atoms with Gasteiger partial charge in [-0.15, -0.1) is 0 Å². The van der Waals surface area contributed by atoms with Crippen LogP contribution in [-0.4, -0.2) is 42.3 Å². The second-order valence-corrected chi connectivity index (χ2v) is 8.41. The zero-order valence-electron chi connectivity index (χ0n) is 17.7. The van der Waals surface area contributed by atoms with Crippen molar-refractivity contribution < 1.29 is 13.9 Å². The molecule has 3 heterocycles. The minimum Gasteiger partial charge on any atom is -0.423 e. The van der Waals surface area contributed by atoms with Gasteiger partial charge in [0.15, 0.2) is 0 Å². The number of fused-ring (bicyclic) bond motifs is 2. The summed E-state index contributed by atoms with van der Waals surface area (Å²) in [6, 6.07) is 18.1. The van der Waals surface area contributed by atoms with Crippen molar-refractivity contribution in [1.82, 2.24) is 10.2 Å². The Bertz CT molecular complexity index is 1300. The summed E-state index contributed by atoms with van der Waals surface area (Å²) in [7, 11) is 2.02. The summed E-state index contributed by atoms with van der Waals surface area (Å²) in [5.41, 5.74) is 2.39. The predicted molar refractivity (Wildman–Crippen MR) is 122 cm³/mol. The van der Waals surface area contributed by atoms with Gasteiger partial charge >= 0.3 is 11.3 Å². The zero-order valence-corrected chi connectivity index (χ0v) is 17.7. The van der Waals surface area contributed by atoms with E-state index >= 15 is 0 Å². The molecule has 1 aliphatic heterocycles. The van der Waals surface area contributed by atoms with E-state index in [0.29, 0.717) is 11.2 Å². The van der Waals surface area contributed by atoms with Crippen LogP contribution in [0, 0.1) is 0 Å². The van der Waals surface area contributed by atoms with Crippen LogP contribution in [0.2, 0.25) is 0 Å². The second kappa shape index (κ2) is 8.35. The lowest BCUT2D eigenvalue weighted by Gasteiger charge is -2.24. The van der Waals surface area contributed by atoms with Gasteiger partial charge in [-0.1, -0.05) is 12.1 Å². The van der Waals surface area contributed by atoms with Crippen LogP contribution in [-0.2, 0) is 0 Å². The normalized spacial score (nSPS) is 19.3. The molecule has 32 heavy (non-hydrogen) atoms. The van der Waals surface area contributed by atoms with E-state index in [2.05, 4.69) is 10.2 Å². The van der Waals surface area contributed by atoms with Crippen molar-refractivity contribution in [2.45, 2.75) is 24.5 Å². The molecule has 4 aromatic rings. The van der Waals surface area contributed by atoms with Crippen LogP contribution in [0.3, 0.4) is 0 Å². The van der Waals surface area contributed by atoms with Crippen molar-refractivity contribution in [2.24, 2.45) is 0 Å². The maximum absolute atomic E-state index is 11.6. The lowest BCUT2D eigenvalue weighted by atomic mass is 9.95. The standard InChI is InChI=1S/C25H24N2O5/c1-27-13-19(12-20(27)14-28)26-25(17-2-6-21-15(10-17)4-8-23(29)31-21)18-3-7-22-16(11-18)5-9-24(30)32-22/h2-11,19-20,25-26,28H,12-14H2,1H3/t19-,20-/m1/s1. The molecular formula is C25H24N2O5. The third-order valence-corrected chi connectivity index (χ3v) is 6.25. The van der Waals surface area contributed by atoms with Gasteiger partial charge in [0.05, 0.1) is 12.6 Å². The number of aliphatic hydroxyl groups is 1. The SMILES string of the molecule is CN1C[C@H](NC(c2ccc3oc(=O)ccc3c2)c2ccc3oc(=O)ccc3c2)C[C@@H]1CO. The van der Waals surface area contributed by atoms with E-state index in [-0.39, 0.29) is 36.0 Å². The first-order valence-electron chi connectivity index (χ1n) is 10.6. The third kappa shape index (κ3) is 3.98. The summed E-state index contributed by atoms with van der Waals surface area (Å²) in [6.07, 6.45) is 0.842. The van der Waals surface area contributed by atoms with Gasteiger partial charge in [-0.25, -0.2) is 9.59 Å². The van der Waals surface area contributed by atoms with E-state index in [1.807, 2.05) is 43.4 Å². The summed E-state index contributed by atoms with van der Waals surface area (Å²) in [4.78, 5) is 25.3. The molecule has 2 N–H and O–H groups in total. The third-order valence-electron chi connectivity index (χ3n) is 6.25. The van der Waals surface area contributed by atoms with Crippen molar-refractivity contribution in [1.29, 1.82) is 0 Å². The molecule has 0 unspecified atom stereocenters. The fourth-order valence-corrected chi connectivity index (χ4v) is 4.57. The number of rotatable bonds is 5. The van der Waals surface area contributed by atoms with E-state index < -0.39 is 0 Å². The Hall–Kier alpha value is -3.26. The molecule has 1 fully saturated rings. The van der Waals surface area contributed by atoms with Crippen molar-refractivity contribution in [3.05, 3.63) is 92.6 Å². The summed E-state index contributed by atoms with van der Waals surface area (Å²) in [5.74, 6) is 0. The first-order valence-corrected chi connectivity index (χ1v) is 10.6. The van der Waals surface area contributed by atoms with Gasteiger partial charge < -0.3 is 19.3 Å². The number of benzene rings is 2. The van der Waals surface area contributed by atoms with E-state index in [0.717, 1.165) is 34.9 Å². The summed E-state index contributed by atoms with van der Waals surface area (Å²) in [6.45, 7) is 0.954. The highest BCUT2D eigenvalue weighted by molar-refractivity contribution is 5.79. The van der Waals surface area contributed by atoms with Crippen LogP contribution in [0.5, 0.6) is 0 Å². The molecule has 2 aromatic carbocycles. The highest BCUT2D eigenvalue weighted by Crippen LogP contribution is 2.29. The molecule has 0 saturated carbocycles. The average Bonchev–Trinajstić information content (AvgIpc) is 3.16. The summed E-state index contributed by atoms with van der Waals surface area (Å²) < 4.78 is 10.6. The average molecular weight is 432 g/mol. The Morgan fingerprint density at radius 1 is 0.938 bits per heavy atom. The molecule has 164 valence electrons. The molecule has 0 radical (unpaired) electrons. The van der Waals surface area contributed by atoms with Crippen LogP contribution in [0.1, 0.15) is 23.6 Å². The molecule has 0 bridgehead atoms. The molecule has 0 amide bonds. The maximum atomic E-state index is 11.6. The fourth-order valence-electron chi connectivity index (χ4n) is 4.57. The Labute approximate surface area is 183 Å². The second-order valence-electron chi connectivity index (χ2n) is 8.41. The highest BCUT2D eigenvalue weighted by atomic mass is 16.4. The van der Waals surface area contributed by atoms with Gasteiger partial charge in [0.2, 0.25) is 0 Å². The van der Waals surface area contributed by atoms with Gasteiger partial charge in [-0.3, -0.25) is 4.90 Å². The minimum absolute atomic E-state index is 0.128. The van der Waals surface area contributed by atoms with Crippen molar-refractivity contribution in [3.8, 4) is 0 Å². The predicted octanol–water partition coefficient (Wildman–Crippen LogP) is 2.64. The number of nitrogens with zero attached hydrogens (tertiary/aromatic N) is 1. The molecular weight excluding hydrogens is 408 g/mol. The lowest BCUT2D eigenvalue weighted by Crippen LogP contribution is -2.35. The van der Waals surface area contributed by atoms with Gasteiger partial charge in [-0.05, 0) is 61.0 Å². The Kier molecular flexibility index (Phi) is 5.38. The van der Waals surface area contributed by atoms with E-state index in [9.17, 15) is 14.7 Å². The zero-order chi connectivity index (χ0) is 22.2. The van der Waals surface area contributed by atoms with E-state index in [1.54, 1.807) is 12.1 Å². The molecule has 7 heteroatoms. The Balaban J connectivity index is 1.57. The lowest BCUT2D eigenvalue weighted by molar-refractivity contribution is 0.182. The van der Waals surface area contributed by atoms with Crippen LogP contribution >= 0.6 is 0 Å². The highest BCUT2D eigenvalue weighted by Gasteiger charge is 2.31. The minimum atomic E-state index is -0.375. The van der Waals surface area contributed by atoms with E-state index in [1.165, 1.54) is 12.1 Å². The molecule has 7 nitrogen and oxygen atoms in total. The van der Waals surface area contributed by atoms with Crippen LogP contribution in [0.25, 0.3) is 21.9 Å². The number of hydrogen-bond donors (Lipinski definition) is 2. The van der Waals surface area contributed by atoms with Crippen LogP contribution < -0.4 is 16.6 Å². The first kappa shape index (κ1) is 20.6.